The highest BCUT2D eigenvalue weighted by Gasteiger charge is 2.31. The molecule has 3 nitrogen and oxygen atoms in total. The highest BCUT2D eigenvalue weighted by Crippen LogP contribution is 2.28. The third kappa shape index (κ3) is 3.46. The van der Waals surface area contributed by atoms with E-state index in [2.05, 4.69) is 25.8 Å². The summed E-state index contributed by atoms with van der Waals surface area (Å²) < 4.78 is 5.88. The monoisotopic (exact) mass is 254 g/mol. The highest BCUT2D eigenvalue weighted by molar-refractivity contribution is 4.86. The quantitative estimate of drug-likeness (QED) is 0.840. The van der Waals surface area contributed by atoms with Crippen LogP contribution in [0.4, 0.5) is 0 Å². The van der Waals surface area contributed by atoms with Crippen molar-refractivity contribution >= 4 is 0 Å². The Morgan fingerprint density at radius 2 is 1.72 bits per heavy atom. The molecule has 0 aromatic rings. The maximum Gasteiger partial charge on any atom is 0.0612 e. The molecule has 0 radical (unpaired) electrons. The zero-order valence-electron chi connectivity index (χ0n) is 12.3. The second kappa shape index (κ2) is 6.36. The molecule has 0 spiro atoms. The minimum atomic E-state index is 0.452. The summed E-state index contributed by atoms with van der Waals surface area (Å²) in [7, 11) is 2.31. The van der Waals surface area contributed by atoms with E-state index in [4.69, 9.17) is 10.5 Å². The van der Waals surface area contributed by atoms with Crippen LogP contribution in [0.25, 0.3) is 0 Å². The Balaban J connectivity index is 1.86. The lowest BCUT2D eigenvalue weighted by atomic mass is 9.88. The van der Waals surface area contributed by atoms with Crippen LogP contribution in [0.15, 0.2) is 0 Å². The number of nitrogens with two attached hydrogens (primary N) is 1. The van der Waals surface area contributed by atoms with Gasteiger partial charge in [-0.25, -0.2) is 0 Å². The van der Waals surface area contributed by atoms with Crippen molar-refractivity contribution in [3.63, 3.8) is 0 Å². The first-order valence-corrected chi connectivity index (χ1v) is 7.67. The van der Waals surface area contributed by atoms with E-state index in [1.54, 1.807) is 0 Å². The van der Waals surface area contributed by atoms with Crippen LogP contribution < -0.4 is 5.73 Å². The Kier molecular flexibility index (Phi) is 5.05. The molecule has 2 rings (SSSR count). The Labute approximate surface area is 112 Å². The van der Waals surface area contributed by atoms with Gasteiger partial charge in [-0.05, 0) is 51.5 Å². The third-order valence-electron chi connectivity index (χ3n) is 4.92. The maximum atomic E-state index is 6.00. The molecule has 2 aliphatic rings. The number of hydrogen-bond acceptors (Lipinski definition) is 3. The van der Waals surface area contributed by atoms with E-state index in [0.29, 0.717) is 24.1 Å². The van der Waals surface area contributed by atoms with Crippen LogP contribution in [0.5, 0.6) is 0 Å². The molecule has 2 atom stereocenters. The maximum absolute atomic E-state index is 6.00. The number of hydrogen-bond donors (Lipinski definition) is 1. The van der Waals surface area contributed by atoms with Crippen LogP contribution in [-0.2, 0) is 4.74 Å². The van der Waals surface area contributed by atoms with Gasteiger partial charge in [0.05, 0.1) is 6.10 Å². The topological polar surface area (TPSA) is 38.5 Å². The molecule has 0 aromatic heterocycles. The molecule has 1 aliphatic carbocycles. The Morgan fingerprint density at radius 3 is 2.33 bits per heavy atom. The molecule has 1 saturated heterocycles. The summed E-state index contributed by atoms with van der Waals surface area (Å²) in [6.07, 6.45) is 7.82. The number of ether oxygens (including phenoxy) is 1. The lowest BCUT2D eigenvalue weighted by Gasteiger charge is -2.42. The molecule has 0 aromatic carbocycles. The van der Waals surface area contributed by atoms with Crippen LogP contribution >= 0.6 is 0 Å². The van der Waals surface area contributed by atoms with Crippen molar-refractivity contribution in [3.05, 3.63) is 0 Å². The van der Waals surface area contributed by atoms with Gasteiger partial charge in [-0.1, -0.05) is 13.8 Å². The molecule has 1 heterocycles. The summed E-state index contributed by atoms with van der Waals surface area (Å²) in [5.74, 6) is 0.640. The molecule has 2 unspecified atom stereocenters. The van der Waals surface area contributed by atoms with E-state index in [-0.39, 0.29) is 0 Å². The van der Waals surface area contributed by atoms with Crippen molar-refractivity contribution in [3.8, 4) is 0 Å². The molecule has 0 amide bonds. The summed E-state index contributed by atoms with van der Waals surface area (Å²) in [6, 6.07) is 1.92. The van der Waals surface area contributed by atoms with Crippen molar-refractivity contribution in [1.29, 1.82) is 0 Å². The standard InChI is InChI=1S/C15H30N2O/c1-11(2)15-10-14(8-9-18-15)17(3)13-6-4-12(16)5-7-13/h11-15H,4-10,16H2,1-3H3. The Morgan fingerprint density at radius 1 is 1.06 bits per heavy atom. The van der Waals surface area contributed by atoms with Crippen LogP contribution in [0.2, 0.25) is 0 Å². The van der Waals surface area contributed by atoms with Crippen LogP contribution in [-0.4, -0.2) is 42.8 Å². The van der Waals surface area contributed by atoms with E-state index in [1.165, 1.54) is 38.5 Å². The molecular formula is C15H30N2O. The van der Waals surface area contributed by atoms with Crippen LogP contribution in [0.1, 0.15) is 52.4 Å². The predicted molar refractivity (Wildman–Crippen MR) is 75.6 cm³/mol. The second-order valence-electron chi connectivity index (χ2n) is 6.57. The van der Waals surface area contributed by atoms with E-state index < -0.39 is 0 Å². The molecular weight excluding hydrogens is 224 g/mol. The average Bonchev–Trinajstić information content (AvgIpc) is 2.39. The van der Waals surface area contributed by atoms with Crippen molar-refractivity contribution in [2.24, 2.45) is 11.7 Å². The summed E-state index contributed by atoms with van der Waals surface area (Å²) >= 11 is 0. The third-order valence-corrected chi connectivity index (χ3v) is 4.92. The SMILES string of the molecule is CC(C)C1CC(N(C)C2CCC(N)CC2)CCO1. The van der Waals surface area contributed by atoms with E-state index in [1.807, 2.05) is 0 Å². The molecule has 1 aliphatic heterocycles. The van der Waals surface area contributed by atoms with E-state index in [9.17, 15) is 0 Å². The van der Waals surface area contributed by atoms with Gasteiger partial charge < -0.3 is 15.4 Å². The number of rotatable bonds is 3. The summed E-state index contributed by atoms with van der Waals surface area (Å²) in [4.78, 5) is 2.63. The van der Waals surface area contributed by atoms with Gasteiger partial charge in [0.15, 0.2) is 0 Å². The summed E-state index contributed by atoms with van der Waals surface area (Å²) in [5, 5.41) is 0. The van der Waals surface area contributed by atoms with Crippen LogP contribution in [0.3, 0.4) is 0 Å². The van der Waals surface area contributed by atoms with Gasteiger partial charge in [-0.3, -0.25) is 0 Å². The van der Waals surface area contributed by atoms with Gasteiger partial charge >= 0.3 is 0 Å². The molecule has 2 N–H and O–H groups in total. The fourth-order valence-electron chi connectivity index (χ4n) is 3.45. The van der Waals surface area contributed by atoms with Crippen molar-refractivity contribution in [2.45, 2.75) is 76.6 Å². The highest BCUT2D eigenvalue weighted by atomic mass is 16.5. The van der Waals surface area contributed by atoms with Gasteiger partial charge in [0.1, 0.15) is 0 Å². The zero-order valence-corrected chi connectivity index (χ0v) is 12.3. The van der Waals surface area contributed by atoms with Gasteiger partial charge in [-0.2, -0.15) is 0 Å². The molecule has 3 heteroatoms. The molecule has 1 saturated carbocycles. The average molecular weight is 254 g/mol. The molecule has 18 heavy (non-hydrogen) atoms. The zero-order chi connectivity index (χ0) is 13.1. The predicted octanol–water partition coefficient (Wildman–Crippen LogP) is 2.39. The first kappa shape index (κ1) is 14.3. The molecule has 0 bridgehead atoms. The van der Waals surface area contributed by atoms with Gasteiger partial charge in [0, 0.05) is 24.7 Å². The first-order valence-electron chi connectivity index (χ1n) is 7.67. The summed E-state index contributed by atoms with van der Waals surface area (Å²) in [5.41, 5.74) is 6.00. The minimum absolute atomic E-state index is 0.452. The minimum Gasteiger partial charge on any atom is -0.378 e. The van der Waals surface area contributed by atoms with E-state index >= 15 is 0 Å². The molecule has 2 fully saturated rings. The van der Waals surface area contributed by atoms with Gasteiger partial charge in [-0.15, -0.1) is 0 Å². The second-order valence-corrected chi connectivity index (χ2v) is 6.57. The van der Waals surface area contributed by atoms with Gasteiger partial charge in [0.25, 0.3) is 0 Å². The smallest absolute Gasteiger partial charge is 0.0612 e. The first-order chi connectivity index (χ1) is 8.58. The van der Waals surface area contributed by atoms with Gasteiger partial charge in [0.2, 0.25) is 0 Å². The lowest BCUT2D eigenvalue weighted by molar-refractivity contribution is -0.0534. The van der Waals surface area contributed by atoms with Crippen molar-refractivity contribution < 1.29 is 4.74 Å². The Bertz CT molecular complexity index is 249. The fourth-order valence-corrected chi connectivity index (χ4v) is 3.45. The van der Waals surface area contributed by atoms with E-state index in [0.717, 1.165) is 12.6 Å². The van der Waals surface area contributed by atoms with Crippen molar-refractivity contribution in [1.82, 2.24) is 4.90 Å². The number of nitrogens with zero attached hydrogens (tertiary/aromatic N) is 1. The largest absolute Gasteiger partial charge is 0.378 e. The lowest BCUT2D eigenvalue weighted by Crippen LogP contribution is -2.48. The van der Waals surface area contributed by atoms with Crippen LogP contribution in [0, 0.1) is 5.92 Å². The Hall–Kier alpha value is -0.120. The molecule has 106 valence electrons. The fraction of sp³-hybridized carbons (Fsp3) is 1.00. The summed E-state index contributed by atoms with van der Waals surface area (Å²) in [6.45, 7) is 5.48. The van der Waals surface area contributed by atoms with Crippen molar-refractivity contribution in [2.75, 3.05) is 13.7 Å². The normalized spacial score (nSPS) is 38.3.